The summed E-state index contributed by atoms with van der Waals surface area (Å²) >= 11 is 1.48. The number of hydrogen-bond donors (Lipinski definition) is 0. The van der Waals surface area contributed by atoms with Gasteiger partial charge in [-0.05, 0) is 49.2 Å². The Labute approximate surface area is 110 Å². The maximum absolute atomic E-state index is 13.3. The quantitative estimate of drug-likeness (QED) is 0.792. The van der Waals surface area contributed by atoms with E-state index in [4.69, 9.17) is 5.26 Å². The molecule has 0 saturated carbocycles. The van der Waals surface area contributed by atoms with E-state index in [1.165, 1.54) is 29.5 Å². The summed E-state index contributed by atoms with van der Waals surface area (Å²) in [5.41, 5.74) is 2.66. The number of halogens is 1. The van der Waals surface area contributed by atoms with E-state index >= 15 is 0 Å². The van der Waals surface area contributed by atoms with Crippen LogP contribution in [0.15, 0.2) is 46.2 Å². The van der Waals surface area contributed by atoms with Gasteiger partial charge in [0.25, 0.3) is 0 Å². The van der Waals surface area contributed by atoms with Crippen LogP contribution < -0.4 is 0 Å². The Kier molecular flexibility index (Phi) is 3.69. The third-order valence-electron chi connectivity index (χ3n) is 2.57. The normalized spacial score (nSPS) is 10.1. The van der Waals surface area contributed by atoms with Gasteiger partial charge in [0.15, 0.2) is 0 Å². The molecule has 0 bridgehead atoms. The first-order valence-corrected chi connectivity index (χ1v) is 6.36. The lowest BCUT2D eigenvalue weighted by Gasteiger charge is -2.07. The minimum absolute atomic E-state index is 0.350. The number of nitrogens with zero attached hydrogens (tertiary/aromatic N) is 1. The Morgan fingerprint density at radius 2 is 1.89 bits per heavy atom. The van der Waals surface area contributed by atoms with Gasteiger partial charge in [0.1, 0.15) is 5.82 Å². The van der Waals surface area contributed by atoms with E-state index in [9.17, 15) is 4.39 Å². The number of benzene rings is 2. The first kappa shape index (κ1) is 12.7. The average Bonchev–Trinajstić information content (AvgIpc) is 2.33. The van der Waals surface area contributed by atoms with Gasteiger partial charge < -0.3 is 0 Å². The maximum atomic E-state index is 13.3. The molecule has 0 aromatic heterocycles. The molecule has 0 amide bonds. The molecule has 0 aliphatic heterocycles. The van der Waals surface area contributed by atoms with Crippen molar-refractivity contribution in [3.8, 4) is 6.07 Å². The molecular formula is C15H12FNS. The highest BCUT2D eigenvalue weighted by molar-refractivity contribution is 7.99. The molecule has 0 radical (unpaired) electrons. The van der Waals surface area contributed by atoms with Crippen LogP contribution in [-0.4, -0.2) is 0 Å². The molecular weight excluding hydrogens is 245 g/mol. The lowest BCUT2D eigenvalue weighted by molar-refractivity contribution is 0.623. The van der Waals surface area contributed by atoms with Crippen molar-refractivity contribution in [3.63, 3.8) is 0 Å². The second-order valence-electron chi connectivity index (χ2n) is 4.16. The summed E-state index contributed by atoms with van der Waals surface area (Å²) in [7, 11) is 0. The van der Waals surface area contributed by atoms with Gasteiger partial charge in [0.05, 0.1) is 11.6 Å². The number of hydrogen-bond acceptors (Lipinski definition) is 2. The lowest BCUT2D eigenvalue weighted by Crippen LogP contribution is -1.85. The fraction of sp³-hybridized carbons (Fsp3) is 0.133. The maximum Gasteiger partial charge on any atom is 0.125 e. The molecule has 1 nitrogen and oxygen atoms in total. The third-order valence-corrected chi connectivity index (χ3v) is 3.70. The smallest absolute Gasteiger partial charge is 0.125 e. The predicted molar refractivity (Wildman–Crippen MR) is 71.2 cm³/mol. The molecule has 90 valence electrons. The highest BCUT2D eigenvalue weighted by Crippen LogP contribution is 2.31. The summed E-state index contributed by atoms with van der Waals surface area (Å²) in [5.74, 6) is -0.373. The highest BCUT2D eigenvalue weighted by atomic mass is 32.2. The van der Waals surface area contributed by atoms with Crippen molar-refractivity contribution in [2.45, 2.75) is 23.6 Å². The van der Waals surface area contributed by atoms with E-state index in [2.05, 4.69) is 6.07 Å². The van der Waals surface area contributed by atoms with Gasteiger partial charge in [-0.2, -0.15) is 5.26 Å². The Bertz CT molecular complexity index is 629. The van der Waals surface area contributed by atoms with Crippen LogP contribution in [0.4, 0.5) is 4.39 Å². The van der Waals surface area contributed by atoms with Crippen molar-refractivity contribution in [3.05, 3.63) is 58.9 Å². The predicted octanol–water partition coefficient (Wildman–Crippen LogP) is 4.47. The zero-order chi connectivity index (χ0) is 13.1. The van der Waals surface area contributed by atoms with Gasteiger partial charge in [-0.15, -0.1) is 0 Å². The molecule has 2 rings (SSSR count). The fourth-order valence-corrected chi connectivity index (χ4v) is 2.72. The van der Waals surface area contributed by atoms with Gasteiger partial charge in [0, 0.05) is 9.79 Å². The second kappa shape index (κ2) is 5.24. The number of aryl methyl sites for hydroxylation is 2. The van der Waals surface area contributed by atoms with Crippen molar-refractivity contribution in [2.24, 2.45) is 0 Å². The Balaban J connectivity index is 2.37. The topological polar surface area (TPSA) is 23.8 Å². The Morgan fingerprint density at radius 3 is 2.61 bits per heavy atom. The van der Waals surface area contributed by atoms with E-state index in [1.807, 2.05) is 32.0 Å². The van der Waals surface area contributed by atoms with Crippen LogP contribution in [0.1, 0.15) is 16.7 Å². The first-order valence-electron chi connectivity index (χ1n) is 5.54. The summed E-state index contributed by atoms with van der Waals surface area (Å²) in [5, 5.41) is 8.83. The van der Waals surface area contributed by atoms with Crippen molar-refractivity contribution in [1.82, 2.24) is 0 Å². The summed E-state index contributed by atoms with van der Waals surface area (Å²) < 4.78 is 13.3. The van der Waals surface area contributed by atoms with Crippen molar-refractivity contribution in [1.29, 1.82) is 5.26 Å². The molecule has 0 spiro atoms. The molecule has 0 unspecified atom stereocenters. The van der Waals surface area contributed by atoms with Crippen LogP contribution in [0.5, 0.6) is 0 Å². The molecule has 0 N–H and O–H groups in total. The van der Waals surface area contributed by atoms with E-state index in [1.54, 1.807) is 6.07 Å². The van der Waals surface area contributed by atoms with Gasteiger partial charge in [0.2, 0.25) is 0 Å². The molecule has 3 heteroatoms. The number of nitriles is 1. The van der Waals surface area contributed by atoms with Crippen molar-refractivity contribution < 1.29 is 4.39 Å². The molecule has 0 aliphatic carbocycles. The van der Waals surface area contributed by atoms with Crippen molar-refractivity contribution >= 4 is 11.8 Å². The van der Waals surface area contributed by atoms with Gasteiger partial charge in [-0.25, -0.2) is 4.39 Å². The summed E-state index contributed by atoms with van der Waals surface area (Å²) in [6.07, 6.45) is 0. The second-order valence-corrected chi connectivity index (χ2v) is 5.27. The average molecular weight is 257 g/mol. The Hall–Kier alpha value is -1.79. The van der Waals surface area contributed by atoms with E-state index in [-0.39, 0.29) is 5.82 Å². The largest absolute Gasteiger partial charge is 0.207 e. The van der Waals surface area contributed by atoms with Crippen LogP contribution in [0.2, 0.25) is 0 Å². The zero-order valence-electron chi connectivity index (χ0n) is 10.2. The molecule has 0 atom stereocenters. The molecule has 0 heterocycles. The van der Waals surface area contributed by atoms with Gasteiger partial charge >= 0.3 is 0 Å². The summed E-state index contributed by atoms with van der Waals surface area (Å²) in [4.78, 5) is 1.84. The molecule has 0 fully saturated rings. The monoisotopic (exact) mass is 257 g/mol. The highest BCUT2D eigenvalue weighted by Gasteiger charge is 2.05. The zero-order valence-corrected chi connectivity index (χ0v) is 11.0. The minimum Gasteiger partial charge on any atom is -0.207 e. The van der Waals surface area contributed by atoms with Gasteiger partial charge in [-0.1, -0.05) is 23.9 Å². The van der Waals surface area contributed by atoms with Crippen LogP contribution >= 0.6 is 11.8 Å². The lowest BCUT2D eigenvalue weighted by atomic mass is 10.2. The molecule has 0 saturated heterocycles. The summed E-state index contributed by atoms with van der Waals surface area (Å²) in [6, 6.07) is 12.5. The SMILES string of the molecule is Cc1ccc(C)c(Sc2cc(F)cc(C#N)c2)c1. The van der Waals surface area contributed by atoms with Gasteiger partial charge in [-0.3, -0.25) is 0 Å². The van der Waals surface area contributed by atoms with Crippen LogP contribution in [0.25, 0.3) is 0 Å². The number of rotatable bonds is 2. The standard InChI is InChI=1S/C15H12FNS/c1-10-3-4-11(2)15(5-10)18-14-7-12(9-17)6-13(16)8-14/h3-8H,1-2H3. The molecule has 2 aromatic carbocycles. The van der Waals surface area contributed by atoms with Crippen molar-refractivity contribution in [2.75, 3.05) is 0 Å². The van der Waals surface area contributed by atoms with E-state index in [0.29, 0.717) is 5.56 Å². The van der Waals surface area contributed by atoms with Crippen LogP contribution in [0.3, 0.4) is 0 Å². The minimum atomic E-state index is -0.373. The molecule has 18 heavy (non-hydrogen) atoms. The van der Waals surface area contributed by atoms with Crippen LogP contribution in [0, 0.1) is 31.0 Å². The van der Waals surface area contributed by atoms with Crippen LogP contribution in [-0.2, 0) is 0 Å². The van der Waals surface area contributed by atoms with E-state index in [0.717, 1.165) is 15.4 Å². The summed E-state index contributed by atoms with van der Waals surface area (Å²) in [6.45, 7) is 4.04. The Morgan fingerprint density at radius 1 is 1.11 bits per heavy atom. The van der Waals surface area contributed by atoms with E-state index < -0.39 is 0 Å². The molecule has 0 aliphatic rings. The fourth-order valence-electron chi connectivity index (χ4n) is 1.63. The molecule has 2 aromatic rings. The first-order chi connectivity index (χ1) is 8.58. The third kappa shape index (κ3) is 2.91.